The number of carbonyl (C=O) groups excluding carboxylic acids is 2. The van der Waals surface area contributed by atoms with Crippen molar-refractivity contribution in [2.45, 2.75) is 13.0 Å². The Morgan fingerprint density at radius 1 is 1.32 bits per heavy atom. The standard InChI is InChI=1S/C14H21N3O2/c1-11(12-7-5-4-6-8-12)16-9-14(19)17(3)10-13(18)15-2/h4-8,11,16H,9-10H2,1-3H3,(H,15,18)/p+1/t11-/m1/s1. The van der Waals surface area contributed by atoms with Gasteiger partial charge in [-0.2, -0.15) is 0 Å². The van der Waals surface area contributed by atoms with Crippen LogP contribution >= 0.6 is 0 Å². The third kappa shape index (κ3) is 5.09. The molecule has 1 atom stereocenters. The summed E-state index contributed by atoms with van der Waals surface area (Å²) in [5, 5.41) is 4.47. The van der Waals surface area contributed by atoms with Crippen LogP contribution in [0, 0.1) is 0 Å². The van der Waals surface area contributed by atoms with Gasteiger partial charge in [-0.25, -0.2) is 0 Å². The van der Waals surface area contributed by atoms with Gasteiger partial charge in [0.25, 0.3) is 5.91 Å². The van der Waals surface area contributed by atoms with Gasteiger partial charge in [-0.3, -0.25) is 9.59 Å². The fourth-order valence-corrected chi connectivity index (χ4v) is 1.71. The van der Waals surface area contributed by atoms with E-state index in [9.17, 15) is 9.59 Å². The number of hydrogen-bond donors (Lipinski definition) is 2. The van der Waals surface area contributed by atoms with Crippen LogP contribution in [0.15, 0.2) is 30.3 Å². The predicted octanol–water partition coefficient (Wildman–Crippen LogP) is -0.485. The molecule has 2 amide bonds. The highest BCUT2D eigenvalue weighted by Crippen LogP contribution is 2.05. The Morgan fingerprint density at radius 3 is 2.53 bits per heavy atom. The summed E-state index contributed by atoms with van der Waals surface area (Å²) in [6.45, 7) is 2.49. The molecular formula is C14H22N3O2+. The Bertz CT molecular complexity index is 420. The maximum Gasteiger partial charge on any atom is 0.277 e. The third-order valence-corrected chi connectivity index (χ3v) is 3.06. The zero-order valence-electron chi connectivity index (χ0n) is 11.7. The van der Waals surface area contributed by atoms with Gasteiger partial charge in [0.2, 0.25) is 5.91 Å². The summed E-state index contributed by atoms with van der Waals surface area (Å²) in [7, 11) is 3.20. The zero-order valence-corrected chi connectivity index (χ0v) is 11.7. The summed E-state index contributed by atoms with van der Waals surface area (Å²) in [4.78, 5) is 24.5. The third-order valence-electron chi connectivity index (χ3n) is 3.06. The van der Waals surface area contributed by atoms with Crippen molar-refractivity contribution >= 4 is 11.8 Å². The molecule has 0 radical (unpaired) electrons. The second kappa shape index (κ2) is 7.53. The first-order valence-electron chi connectivity index (χ1n) is 6.37. The molecule has 0 aliphatic rings. The van der Waals surface area contributed by atoms with Gasteiger partial charge in [0, 0.05) is 19.7 Å². The van der Waals surface area contributed by atoms with E-state index in [4.69, 9.17) is 0 Å². The molecule has 0 aromatic heterocycles. The molecule has 5 nitrogen and oxygen atoms in total. The number of carbonyl (C=O) groups is 2. The van der Waals surface area contributed by atoms with E-state index in [0.717, 1.165) is 0 Å². The van der Waals surface area contributed by atoms with E-state index in [1.165, 1.54) is 10.5 Å². The van der Waals surface area contributed by atoms with Gasteiger partial charge in [0.05, 0.1) is 6.54 Å². The van der Waals surface area contributed by atoms with Crippen molar-refractivity contribution in [2.75, 3.05) is 27.2 Å². The molecule has 5 heteroatoms. The van der Waals surface area contributed by atoms with E-state index in [1.807, 2.05) is 35.6 Å². The van der Waals surface area contributed by atoms with Gasteiger partial charge >= 0.3 is 0 Å². The smallest absolute Gasteiger partial charge is 0.277 e. The topological polar surface area (TPSA) is 66.0 Å². The van der Waals surface area contributed by atoms with Gasteiger partial charge in [-0.15, -0.1) is 0 Å². The molecule has 1 aromatic carbocycles. The highest BCUT2D eigenvalue weighted by molar-refractivity contribution is 5.84. The molecule has 0 bridgehead atoms. The van der Waals surface area contributed by atoms with Crippen LogP contribution in [0.4, 0.5) is 0 Å². The molecule has 0 saturated heterocycles. The number of benzene rings is 1. The summed E-state index contributed by atoms with van der Waals surface area (Å²) < 4.78 is 0. The van der Waals surface area contributed by atoms with E-state index >= 15 is 0 Å². The summed E-state index contributed by atoms with van der Waals surface area (Å²) in [5.41, 5.74) is 1.18. The van der Waals surface area contributed by atoms with Crippen LogP contribution in [0.5, 0.6) is 0 Å². The lowest BCUT2D eigenvalue weighted by Gasteiger charge is -2.17. The SMILES string of the molecule is CNC(=O)CN(C)C(=O)C[NH2+][C@H](C)c1ccccc1. The van der Waals surface area contributed by atoms with E-state index < -0.39 is 0 Å². The number of hydrogen-bond acceptors (Lipinski definition) is 2. The summed E-state index contributed by atoms with van der Waals surface area (Å²) >= 11 is 0. The van der Waals surface area contributed by atoms with E-state index in [-0.39, 0.29) is 24.4 Å². The Morgan fingerprint density at radius 2 is 1.95 bits per heavy atom. The van der Waals surface area contributed by atoms with Crippen LogP contribution in [0.25, 0.3) is 0 Å². The van der Waals surface area contributed by atoms with Crippen LogP contribution in [0.2, 0.25) is 0 Å². The van der Waals surface area contributed by atoms with Crippen LogP contribution in [0.1, 0.15) is 18.5 Å². The fraction of sp³-hybridized carbons (Fsp3) is 0.429. The summed E-state index contributed by atoms with van der Waals surface area (Å²) in [5.74, 6) is -0.210. The molecule has 0 unspecified atom stereocenters. The van der Waals surface area contributed by atoms with Gasteiger partial charge in [-0.1, -0.05) is 30.3 Å². The predicted molar refractivity (Wildman–Crippen MR) is 73.4 cm³/mol. The summed E-state index contributed by atoms with van der Waals surface area (Å²) in [6.07, 6.45) is 0. The van der Waals surface area contributed by atoms with Crippen molar-refractivity contribution < 1.29 is 14.9 Å². The lowest BCUT2D eigenvalue weighted by molar-refractivity contribution is -0.683. The lowest BCUT2D eigenvalue weighted by atomic mass is 10.1. The molecule has 3 N–H and O–H groups in total. The van der Waals surface area contributed by atoms with Crippen LogP contribution in [0.3, 0.4) is 0 Å². The Labute approximate surface area is 114 Å². The van der Waals surface area contributed by atoms with Crippen molar-refractivity contribution in [1.82, 2.24) is 10.2 Å². The van der Waals surface area contributed by atoms with Crippen molar-refractivity contribution in [1.29, 1.82) is 0 Å². The number of likely N-dealkylation sites (N-methyl/N-ethyl adjacent to an activating group) is 2. The fourth-order valence-electron chi connectivity index (χ4n) is 1.71. The Kier molecular flexibility index (Phi) is 6.02. The van der Waals surface area contributed by atoms with Gasteiger partial charge in [0.15, 0.2) is 6.54 Å². The van der Waals surface area contributed by atoms with Crippen molar-refractivity contribution in [3.8, 4) is 0 Å². The van der Waals surface area contributed by atoms with Crippen LogP contribution in [-0.2, 0) is 9.59 Å². The minimum Gasteiger partial charge on any atom is -0.358 e. The molecule has 104 valence electrons. The van der Waals surface area contributed by atoms with Crippen molar-refractivity contribution in [3.05, 3.63) is 35.9 Å². The number of nitrogens with two attached hydrogens (primary N) is 1. The highest BCUT2D eigenvalue weighted by atomic mass is 16.2. The van der Waals surface area contributed by atoms with Gasteiger partial charge < -0.3 is 15.5 Å². The Balaban J connectivity index is 2.39. The maximum atomic E-state index is 11.8. The molecule has 0 spiro atoms. The summed E-state index contributed by atoms with van der Waals surface area (Å²) in [6, 6.07) is 10.2. The van der Waals surface area contributed by atoms with Crippen molar-refractivity contribution in [2.24, 2.45) is 0 Å². The minimum atomic E-state index is -0.160. The number of rotatable bonds is 6. The monoisotopic (exact) mass is 264 g/mol. The molecule has 0 fully saturated rings. The second-order valence-corrected chi connectivity index (χ2v) is 4.56. The largest absolute Gasteiger partial charge is 0.358 e. The van der Waals surface area contributed by atoms with Gasteiger partial charge in [0.1, 0.15) is 6.04 Å². The van der Waals surface area contributed by atoms with Gasteiger partial charge in [-0.05, 0) is 6.92 Å². The lowest BCUT2D eigenvalue weighted by Crippen LogP contribution is -2.87. The molecule has 0 heterocycles. The molecule has 19 heavy (non-hydrogen) atoms. The van der Waals surface area contributed by atoms with E-state index in [2.05, 4.69) is 12.2 Å². The maximum absolute atomic E-state index is 11.8. The average Bonchev–Trinajstić information content (AvgIpc) is 2.44. The second-order valence-electron chi connectivity index (χ2n) is 4.56. The van der Waals surface area contributed by atoms with E-state index in [1.54, 1.807) is 14.1 Å². The van der Waals surface area contributed by atoms with E-state index in [0.29, 0.717) is 6.54 Å². The first-order valence-corrected chi connectivity index (χ1v) is 6.37. The number of quaternary nitrogens is 1. The molecule has 0 aliphatic carbocycles. The Hall–Kier alpha value is -1.88. The first kappa shape index (κ1) is 15.2. The number of amides is 2. The first-order chi connectivity index (χ1) is 9.04. The molecule has 0 aliphatic heterocycles. The van der Waals surface area contributed by atoms with Crippen LogP contribution in [-0.4, -0.2) is 43.9 Å². The normalized spacial score (nSPS) is 11.7. The van der Waals surface area contributed by atoms with Crippen LogP contribution < -0.4 is 10.6 Å². The quantitative estimate of drug-likeness (QED) is 0.728. The average molecular weight is 264 g/mol. The molecule has 1 aromatic rings. The zero-order chi connectivity index (χ0) is 14.3. The minimum absolute atomic E-state index is 0.0496. The number of nitrogens with one attached hydrogen (secondary N) is 1. The number of nitrogens with zero attached hydrogens (tertiary/aromatic N) is 1. The molecular weight excluding hydrogens is 242 g/mol. The van der Waals surface area contributed by atoms with Crippen molar-refractivity contribution in [3.63, 3.8) is 0 Å². The molecule has 1 rings (SSSR count). The molecule has 0 saturated carbocycles. The highest BCUT2D eigenvalue weighted by Gasteiger charge is 2.16.